The second kappa shape index (κ2) is 30.3. The summed E-state index contributed by atoms with van der Waals surface area (Å²) in [6, 6.07) is 39.3. The summed E-state index contributed by atoms with van der Waals surface area (Å²) in [5.74, 6) is 1.31. The number of carbonyl (C=O) groups excluding carboxylic acids is 2. The van der Waals surface area contributed by atoms with Crippen molar-refractivity contribution in [2.45, 2.75) is 139 Å². The van der Waals surface area contributed by atoms with Gasteiger partial charge in [-0.05, 0) is 112 Å². The molecule has 12 aromatic heterocycles. The molecule has 12 heterocycles. The molecule has 564 valence electrons. The van der Waals surface area contributed by atoms with Crippen LogP contribution in [0.15, 0.2) is 171 Å². The Labute approximate surface area is 642 Å². The van der Waals surface area contributed by atoms with Crippen molar-refractivity contribution in [1.82, 2.24) is 83.1 Å². The van der Waals surface area contributed by atoms with E-state index in [1.165, 1.54) is 24.4 Å². The van der Waals surface area contributed by atoms with E-state index in [1.807, 2.05) is 112 Å². The van der Waals surface area contributed by atoms with Gasteiger partial charge in [0.1, 0.15) is 51.1 Å². The van der Waals surface area contributed by atoms with Gasteiger partial charge in [-0.15, -0.1) is 0 Å². The van der Waals surface area contributed by atoms with E-state index in [0.717, 1.165) is 146 Å². The standard InChI is InChI=1S/C29H29N7O2.C25H22N6O2.C22H23N7O2.C5H11INO/c1-34(16-18-6-3-2-4-7-18)26-14-24(22-17-35(19-9-10-19)27-20(22)8-5-13-30-27)32-28-21(15-31-36(26)28)29(38)33-23-11-12-25(23)37;1-29(14-16-6-3-2-4-7-16)22-12-21(28-24-19(25(32)33)13-27-31(22)24)20-15-30(17-9-10-17)23-18(20)8-5-11-26-23;1-23-19-9-17(15-11-28(12-4-5-12)20-13(15)3-2-8-24-20)26-21-14(10-25-29(19)21)22(31)27-16-6-7-18(16)30;7-6-3-4-1-2-5(4)8/h2-8,13-15,17,19,23,25,37H,9-12,16H2,1H3,(H,33,38);2-8,11-13,15,17H,9-10,14H2,1H3,(H,32,33);2-3,8-12,16,18,23,30H,4-7H2,1H3,(H,27,31);4-5,8H,1-3,7H2/q;;;-1/t23?,25-;;16?,18-;4-,5-/m1.11/s1. The number of carbonyl (C=O) groups is 3. The van der Waals surface area contributed by atoms with Crippen LogP contribution in [-0.2, 0) is 13.1 Å². The minimum absolute atomic E-state index is 0.00162. The van der Waals surface area contributed by atoms with E-state index in [2.05, 4.69) is 125 Å². The van der Waals surface area contributed by atoms with E-state index in [1.54, 1.807) is 25.9 Å². The number of fused-ring (bicyclic) bond motifs is 6. The van der Waals surface area contributed by atoms with Crippen LogP contribution in [0.1, 0.15) is 137 Å². The Kier molecular flexibility index (Phi) is 19.7. The number of amides is 2. The van der Waals surface area contributed by atoms with Crippen molar-refractivity contribution in [3.63, 3.8) is 0 Å². The zero-order chi connectivity index (χ0) is 75.4. The van der Waals surface area contributed by atoms with Gasteiger partial charge in [-0.1, -0.05) is 60.7 Å². The molecule has 2 unspecified atom stereocenters. The SMILES string of the molecule is CN(Cc1ccccc1)c1cc(-c2cn(C3CC3)c3ncccc23)nc2c(C(=O)NC3CC[C@H]3O)cnn12.CN(Cc1ccccc1)c1cc(-c2cn(C3CC3)c3ncccc23)nc2c(C(=O)O)cnn12.CNc1cc(-c2cn(C3CC3)c3ncccc23)nc2c(C(=O)NC3CC[C@H]3O)cnn12.N[I-]C[C@H]1CC[C@H]1O. The first kappa shape index (κ1) is 71.7. The molecule has 6 fully saturated rings. The summed E-state index contributed by atoms with van der Waals surface area (Å²) < 4.78 is 18.2. The Hall–Kier alpha value is -11.2. The number of benzene rings is 2. The van der Waals surface area contributed by atoms with Crippen LogP contribution in [0.2, 0.25) is 0 Å². The average molecular weight is 1590 g/mol. The van der Waals surface area contributed by atoms with Gasteiger partial charge in [-0.2, -0.15) is 28.8 Å². The monoisotopic (exact) mass is 1590 g/mol. The summed E-state index contributed by atoms with van der Waals surface area (Å²) in [6.07, 6.45) is 27.4. The number of aliphatic hydroxyl groups excluding tert-OH is 3. The van der Waals surface area contributed by atoms with Crippen LogP contribution >= 0.6 is 0 Å². The van der Waals surface area contributed by atoms with Crippen molar-refractivity contribution in [2.24, 2.45) is 9.86 Å². The van der Waals surface area contributed by atoms with Crippen LogP contribution in [0.25, 0.3) is 83.8 Å². The van der Waals surface area contributed by atoms with Gasteiger partial charge < -0.3 is 54.8 Å². The van der Waals surface area contributed by atoms with E-state index in [-0.39, 0.29) is 57.0 Å². The Bertz CT molecular complexity index is 5770. The van der Waals surface area contributed by atoms with Gasteiger partial charge in [-0.25, -0.2) is 34.7 Å². The van der Waals surface area contributed by atoms with Crippen molar-refractivity contribution in [1.29, 1.82) is 0 Å². The third-order valence-electron chi connectivity index (χ3n) is 21.9. The first-order valence-electron chi connectivity index (χ1n) is 37.5. The maximum atomic E-state index is 13.3. The fraction of sp³-hybridized carbons (Fsp3) is 0.333. The number of alkyl halides is 1. The molecule has 0 bridgehead atoms. The second-order valence-corrected chi connectivity index (χ2v) is 31.2. The molecule has 6 saturated carbocycles. The van der Waals surface area contributed by atoms with E-state index < -0.39 is 18.2 Å². The van der Waals surface area contributed by atoms with E-state index in [4.69, 9.17) is 24.0 Å². The fourth-order valence-electron chi connectivity index (χ4n) is 14.7. The number of nitrogens with zero attached hydrogens (tertiary/aromatic N) is 17. The molecule has 6 aliphatic carbocycles. The number of aliphatic hydroxyl groups is 3. The average Bonchev–Trinajstić information content (AvgIpc) is 1.53. The molecular formula is C81H85IN21O7-. The van der Waals surface area contributed by atoms with Crippen LogP contribution < -0.4 is 51.2 Å². The number of hydrogen-bond donors (Lipinski definition) is 8. The Morgan fingerprint density at radius 2 is 0.873 bits per heavy atom. The quantitative estimate of drug-likeness (QED) is 0.0208. The molecule has 28 nitrogen and oxygen atoms in total. The van der Waals surface area contributed by atoms with Crippen LogP contribution in [0.3, 0.4) is 0 Å². The van der Waals surface area contributed by atoms with Gasteiger partial charge in [0, 0.05) is 141 Å². The number of hydrogen-bond acceptors (Lipinski definition) is 19. The number of nitrogens with two attached hydrogens (primary N) is 1. The minimum atomic E-state index is -1.05. The summed E-state index contributed by atoms with van der Waals surface area (Å²) in [4.78, 5) is 70.7. The van der Waals surface area contributed by atoms with Crippen molar-refractivity contribution < 1.29 is 56.3 Å². The fourth-order valence-corrected chi connectivity index (χ4v) is 16.4. The molecule has 29 heteroatoms. The maximum absolute atomic E-state index is 13.3. The van der Waals surface area contributed by atoms with Crippen molar-refractivity contribution >= 4 is 85.3 Å². The van der Waals surface area contributed by atoms with Crippen LogP contribution in [0.4, 0.5) is 17.5 Å². The van der Waals surface area contributed by atoms with Gasteiger partial charge in [-0.3, -0.25) is 9.59 Å². The van der Waals surface area contributed by atoms with E-state index >= 15 is 0 Å². The molecule has 0 saturated heterocycles. The molecule has 14 aromatic rings. The molecule has 6 atom stereocenters. The number of nitrogens with one attached hydrogen (secondary N) is 3. The third-order valence-corrected chi connectivity index (χ3v) is 23.5. The number of aromatic nitrogens is 15. The molecule has 9 N–H and O–H groups in total. The molecule has 110 heavy (non-hydrogen) atoms. The number of aromatic carboxylic acids is 1. The molecule has 0 radical (unpaired) electrons. The summed E-state index contributed by atoms with van der Waals surface area (Å²) in [6.45, 7) is 1.31. The summed E-state index contributed by atoms with van der Waals surface area (Å²) >= 11 is -0.0752. The van der Waals surface area contributed by atoms with Gasteiger partial charge in [0.15, 0.2) is 16.9 Å². The normalized spacial score (nSPS) is 19.2. The zero-order valence-corrected chi connectivity index (χ0v) is 63.2. The van der Waals surface area contributed by atoms with Crippen LogP contribution in [-0.4, -0.2) is 167 Å². The molecule has 0 aliphatic heterocycles. The van der Waals surface area contributed by atoms with Gasteiger partial charge in [0.2, 0.25) is 0 Å². The van der Waals surface area contributed by atoms with E-state index in [9.17, 15) is 29.7 Å². The molecule has 2 amide bonds. The second-order valence-electron chi connectivity index (χ2n) is 29.5. The van der Waals surface area contributed by atoms with E-state index in [0.29, 0.717) is 83.7 Å². The van der Waals surface area contributed by atoms with Crippen LogP contribution in [0, 0.1) is 5.92 Å². The Balaban J connectivity index is 0.000000115. The number of carboxylic acids is 1. The molecule has 6 aliphatic rings. The Morgan fingerprint density at radius 3 is 1.22 bits per heavy atom. The number of halogens is 1. The predicted molar refractivity (Wildman–Crippen MR) is 414 cm³/mol. The van der Waals surface area contributed by atoms with Crippen molar-refractivity contribution in [3.05, 3.63) is 199 Å². The van der Waals surface area contributed by atoms with Crippen LogP contribution in [0.5, 0.6) is 0 Å². The molecule has 20 rings (SSSR count). The number of anilines is 3. The number of pyridine rings is 3. The van der Waals surface area contributed by atoms with Gasteiger partial charge >= 0.3 is 65.8 Å². The number of rotatable bonds is 20. The molecular weight excluding hydrogens is 1510 g/mol. The molecule has 2 aromatic carbocycles. The summed E-state index contributed by atoms with van der Waals surface area (Å²) in [7, 11) is 5.81. The number of carboxylic acid groups (broad SMARTS) is 1. The Morgan fingerprint density at radius 1 is 0.482 bits per heavy atom. The van der Waals surface area contributed by atoms with Crippen molar-refractivity contribution in [2.75, 3.05) is 40.7 Å². The topological polar surface area (TPSA) is 345 Å². The summed E-state index contributed by atoms with van der Waals surface area (Å²) in [5.41, 5.74) is 12.4. The molecule has 0 spiro atoms. The predicted octanol–water partition coefficient (Wildman–Crippen LogP) is 7.48. The van der Waals surface area contributed by atoms with Gasteiger partial charge in [0.25, 0.3) is 11.8 Å². The van der Waals surface area contributed by atoms with Crippen molar-refractivity contribution in [3.8, 4) is 33.8 Å². The van der Waals surface area contributed by atoms with Gasteiger partial charge in [0.05, 0.1) is 60.0 Å². The zero-order valence-electron chi connectivity index (χ0n) is 61.0. The third kappa shape index (κ3) is 14.2. The summed E-state index contributed by atoms with van der Waals surface area (Å²) in [5, 5.41) is 64.0. The first-order valence-corrected chi connectivity index (χ1v) is 40.3. The first-order chi connectivity index (χ1) is 53.6.